The summed E-state index contributed by atoms with van der Waals surface area (Å²) in [5, 5.41) is 3.11. The number of hydrogen-bond acceptors (Lipinski definition) is 2. The third kappa shape index (κ3) is 2.91. The van der Waals surface area contributed by atoms with Crippen LogP contribution in [0.1, 0.15) is 0 Å². The second kappa shape index (κ2) is 5.42. The van der Waals surface area contributed by atoms with Crippen molar-refractivity contribution in [2.75, 3.05) is 0 Å². The number of ether oxygens (including phenoxy) is 1. The van der Waals surface area contributed by atoms with Crippen molar-refractivity contribution < 1.29 is 4.74 Å². The van der Waals surface area contributed by atoms with Crippen molar-refractivity contribution in [3.63, 3.8) is 0 Å². The molecule has 0 heterocycles. The van der Waals surface area contributed by atoms with E-state index in [1.165, 1.54) is 5.46 Å². The Morgan fingerprint density at radius 3 is 2.12 bits per heavy atom. The van der Waals surface area contributed by atoms with Gasteiger partial charge in [0.15, 0.2) is 7.98 Å². The van der Waals surface area contributed by atoms with E-state index in [9.17, 15) is 0 Å². The lowest BCUT2D eigenvalue weighted by Crippen LogP contribution is -2.27. The van der Waals surface area contributed by atoms with E-state index < -0.39 is 0 Å². The lowest BCUT2D eigenvalue weighted by atomic mass is 9.81. The van der Waals surface area contributed by atoms with Crippen molar-refractivity contribution >= 4 is 20.9 Å². The Bertz CT molecular complexity index is 431. The molecule has 2 rings (SSSR count). The molecule has 0 atom stereocenters. The Kier molecular flexibility index (Phi) is 3.67. The predicted octanol–water partition coefficient (Wildman–Crippen LogP) is 0.593. The molecule has 2 aromatic rings. The number of rotatable bonds is 4. The van der Waals surface area contributed by atoms with Gasteiger partial charge in [-0.2, -0.15) is 0 Å². The highest BCUT2D eigenvalue weighted by molar-refractivity contribution is 6.56. The van der Waals surface area contributed by atoms with E-state index in [1.807, 2.05) is 50.4 Å². The zero-order chi connectivity index (χ0) is 11.2. The van der Waals surface area contributed by atoms with Crippen molar-refractivity contribution in [2.24, 2.45) is 0 Å². The van der Waals surface area contributed by atoms with Crippen LogP contribution < -0.4 is 15.3 Å². The minimum absolute atomic E-state index is 0.865. The molecular formula is C12H13B2NO. The Hall–Kier alpha value is -1.67. The fraction of sp³-hybridized carbons (Fsp3) is 0. The standard InChI is InChI=1S/C12H13B2NO/c13-15-14-10-6-8-12(9-7-10)16-11-4-2-1-3-5-11/h1-9,14-15H,13H2. The van der Waals surface area contributed by atoms with Gasteiger partial charge in [0.25, 0.3) is 0 Å². The van der Waals surface area contributed by atoms with Crippen molar-refractivity contribution in [1.82, 2.24) is 5.14 Å². The Morgan fingerprint density at radius 1 is 0.875 bits per heavy atom. The van der Waals surface area contributed by atoms with Crippen LogP contribution in [0.4, 0.5) is 0 Å². The average Bonchev–Trinajstić information content (AvgIpc) is 2.33. The van der Waals surface area contributed by atoms with Crippen LogP contribution in [-0.4, -0.2) is 15.4 Å². The maximum absolute atomic E-state index is 5.69. The molecule has 0 bridgehead atoms. The fourth-order valence-corrected chi connectivity index (χ4v) is 1.50. The first-order chi connectivity index (χ1) is 7.88. The van der Waals surface area contributed by atoms with E-state index >= 15 is 0 Å². The molecule has 0 saturated carbocycles. The van der Waals surface area contributed by atoms with E-state index in [0.717, 1.165) is 18.9 Å². The largest absolute Gasteiger partial charge is 0.457 e. The smallest absolute Gasteiger partial charge is 0.224 e. The molecule has 0 aromatic heterocycles. The molecule has 0 saturated heterocycles. The maximum Gasteiger partial charge on any atom is 0.224 e. The van der Waals surface area contributed by atoms with Crippen LogP contribution in [0.2, 0.25) is 0 Å². The molecular weight excluding hydrogens is 196 g/mol. The second-order valence-corrected chi connectivity index (χ2v) is 3.59. The minimum Gasteiger partial charge on any atom is -0.457 e. The van der Waals surface area contributed by atoms with Gasteiger partial charge in [-0.05, 0) is 24.3 Å². The van der Waals surface area contributed by atoms with Gasteiger partial charge in [0.05, 0.1) is 0 Å². The molecule has 1 N–H and O–H groups in total. The third-order valence-corrected chi connectivity index (χ3v) is 2.28. The van der Waals surface area contributed by atoms with E-state index in [1.54, 1.807) is 0 Å². The number of nitrogens with one attached hydrogen (secondary N) is 1. The lowest BCUT2D eigenvalue weighted by Gasteiger charge is -2.05. The van der Waals surface area contributed by atoms with E-state index in [2.05, 4.69) is 17.3 Å². The molecule has 0 fully saturated rings. The van der Waals surface area contributed by atoms with E-state index in [-0.39, 0.29) is 0 Å². The van der Waals surface area contributed by atoms with Gasteiger partial charge < -0.3 is 9.88 Å². The summed E-state index contributed by atoms with van der Waals surface area (Å²) in [6, 6.07) is 17.9. The number of para-hydroxylation sites is 1. The molecule has 0 amide bonds. The summed E-state index contributed by atoms with van der Waals surface area (Å²) >= 11 is 0. The van der Waals surface area contributed by atoms with Gasteiger partial charge in [-0.25, -0.2) is 0 Å². The van der Waals surface area contributed by atoms with Crippen molar-refractivity contribution in [1.29, 1.82) is 0 Å². The summed E-state index contributed by atoms with van der Waals surface area (Å²) in [6.07, 6.45) is 0. The first-order valence-electron chi connectivity index (χ1n) is 5.35. The summed E-state index contributed by atoms with van der Waals surface area (Å²) in [7, 11) is 2.82. The average molecular weight is 209 g/mol. The van der Waals surface area contributed by atoms with Crippen LogP contribution in [-0.2, 0) is 0 Å². The molecule has 78 valence electrons. The van der Waals surface area contributed by atoms with Crippen molar-refractivity contribution in [2.45, 2.75) is 0 Å². The number of benzene rings is 2. The lowest BCUT2D eigenvalue weighted by molar-refractivity contribution is 0.483. The molecule has 0 aliphatic rings. The highest BCUT2D eigenvalue weighted by Crippen LogP contribution is 2.19. The molecule has 0 aliphatic heterocycles. The molecule has 0 aliphatic carbocycles. The zero-order valence-electron chi connectivity index (χ0n) is 9.31. The first kappa shape index (κ1) is 10.8. The van der Waals surface area contributed by atoms with Gasteiger partial charge in [-0.15, -0.1) is 0 Å². The Balaban J connectivity index is 2.05. The second-order valence-electron chi connectivity index (χ2n) is 3.59. The van der Waals surface area contributed by atoms with Gasteiger partial charge >= 0.3 is 0 Å². The van der Waals surface area contributed by atoms with Crippen LogP contribution in [0.15, 0.2) is 54.6 Å². The summed E-state index contributed by atoms with van der Waals surface area (Å²) in [5.74, 6) is 1.73. The first-order valence-corrected chi connectivity index (χ1v) is 5.35. The van der Waals surface area contributed by atoms with Crippen LogP contribution >= 0.6 is 0 Å². The topological polar surface area (TPSA) is 21.3 Å². The summed E-state index contributed by atoms with van der Waals surface area (Å²) < 4.78 is 5.69. The predicted molar refractivity (Wildman–Crippen MR) is 71.4 cm³/mol. The summed E-state index contributed by atoms with van der Waals surface area (Å²) in [6.45, 7) is 0. The summed E-state index contributed by atoms with van der Waals surface area (Å²) in [5.41, 5.74) is 1.25. The van der Waals surface area contributed by atoms with Crippen molar-refractivity contribution in [3.05, 3.63) is 54.6 Å². The van der Waals surface area contributed by atoms with Gasteiger partial charge in [0, 0.05) is 0 Å². The van der Waals surface area contributed by atoms with E-state index in [0.29, 0.717) is 0 Å². The maximum atomic E-state index is 5.69. The van der Waals surface area contributed by atoms with Gasteiger partial charge in [-0.3, -0.25) is 0 Å². The molecule has 2 aromatic carbocycles. The summed E-state index contributed by atoms with van der Waals surface area (Å²) in [4.78, 5) is 0. The molecule has 0 spiro atoms. The molecule has 2 nitrogen and oxygen atoms in total. The Morgan fingerprint density at radius 2 is 1.50 bits per heavy atom. The highest BCUT2D eigenvalue weighted by atomic mass is 16.5. The fourth-order valence-electron chi connectivity index (χ4n) is 1.50. The third-order valence-electron chi connectivity index (χ3n) is 2.28. The van der Waals surface area contributed by atoms with Gasteiger partial charge in [0.2, 0.25) is 7.41 Å². The normalized spacial score (nSPS) is 9.75. The van der Waals surface area contributed by atoms with Crippen LogP contribution in [0, 0.1) is 0 Å². The minimum atomic E-state index is 0.865. The molecule has 0 radical (unpaired) electrons. The Labute approximate surface area is 97.3 Å². The molecule has 4 heteroatoms. The SMILES string of the molecule is BNBc1ccc(Oc2ccccc2)cc1. The van der Waals surface area contributed by atoms with Crippen LogP contribution in [0.25, 0.3) is 0 Å². The monoisotopic (exact) mass is 209 g/mol. The quantitative estimate of drug-likeness (QED) is 0.744. The van der Waals surface area contributed by atoms with Crippen LogP contribution in [0.5, 0.6) is 11.5 Å². The van der Waals surface area contributed by atoms with Crippen LogP contribution in [0.3, 0.4) is 0 Å². The van der Waals surface area contributed by atoms with Gasteiger partial charge in [0.1, 0.15) is 11.5 Å². The van der Waals surface area contributed by atoms with Crippen molar-refractivity contribution in [3.8, 4) is 11.5 Å². The molecule has 16 heavy (non-hydrogen) atoms. The van der Waals surface area contributed by atoms with Gasteiger partial charge in [-0.1, -0.05) is 35.8 Å². The van der Waals surface area contributed by atoms with E-state index in [4.69, 9.17) is 4.74 Å². The molecule has 0 unspecified atom stereocenters. The zero-order valence-corrected chi connectivity index (χ0v) is 9.31. The highest BCUT2D eigenvalue weighted by Gasteiger charge is 1.97. The number of hydrogen-bond donors (Lipinski definition) is 1.